The summed E-state index contributed by atoms with van der Waals surface area (Å²) in [6.45, 7) is 8.25. The molecule has 2 nitrogen and oxygen atoms in total. The normalized spacial score (nSPS) is 24.4. The van der Waals surface area contributed by atoms with Crippen LogP contribution in [0.4, 0.5) is 0 Å². The first-order chi connectivity index (χ1) is 7.28. The van der Waals surface area contributed by atoms with Crippen LogP contribution < -0.4 is 10.6 Å². The Labute approximate surface area is 97.2 Å². The van der Waals surface area contributed by atoms with E-state index in [0.717, 1.165) is 12.1 Å². The van der Waals surface area contributed by atoms with Gasteiger partial charge >= 0.3 is 0 Å². The lowest BCUT2D eigenvalue weighted by atomic mass is 9.91. The zero-order chi connectivity index (χ0) is 12.1. The van der Waals surface area contributed by atoms with Gasteiger partial charge in [-0.25, -0.2) is 0 Å². The molecule has 1 aliphatic rings. The highest BCUT2D eigenvalue weighted by molar-refractivity contribution is 4.78. The van der Waals surface area contributed by atoms with Gasteiger partial charge in [0.05, 0.1) is 0 Å². The Bertz CT molecular complexity index is 84.7. The van der Waals surface area contributed by atoms with Crippen molar-refractivity contribution in [3.63, 3.8) is 0 Å². The molecule has 1 aliphatic carbocycles. The number of hydrogen-bond acceptors (Lipinski definition) is 2. The Morgan fingerprint density at radius 1 is 0.800 bits per heavy atom. The molecule has 0 aromatic rings. The fourth-order valence-electron chi connectivity index (χ4n) is 1.67. The third kappa shape index (κ3) is 10.2. The Balaban J connectivity index is 0. The molecule has 0 bridgehead atoms. The van der Waals surface area contributed by atoms with Crippen LogP contribution in [0.1, 0.15) is 59.8 Å². The molecule has 15 heavy (non-hydrogen) atoms. The van der Waals surface area contributed by atoms with E-state index in [1.807, 2.05) is 13.8 Å². The van der Waals surface area contributed by atoms with E-state index >= 15 is 0 Å². The van der Waals surface area contributed by atoms with Crippen LogP contribution in [0.15, 0.2) is 0 Å². The molecular formula is C13H32N2. The second-order valence-corrected chi connectivity index (χ2v) is 3.83. The van der Waals surface area contributed by atoms with Crippen molar-refractivity contribution < 1.29 is 0 Å². The van der Waals surface area contributed by atoms with Gasteiger partial charge < -0.3 is 10.6 Å². The Hall–Kier alpha value is -0.0800. The summed E-state index contributed by atoms with van der Waals surface area (Å²) in [5.41, 5.74) is 0. The highest BCUT2D eigenvalue weighted by Gasteiger charge is 2.17. The van der Waals surface area contributed by atoms with E-state index in [-0.39, 0.29) is 0 Å². The first-order valence-corrected chi connectivity index (χ1v) is 6.62. The molecule has 0 heterocycles. The number of nitrogens with one attached hydrogen (secondary N) is 2. The van der Waals surface area contributed by atoms with Crippen molar-refractivity contribution in [2.24, 2.45) is 0 Å². The summed E-state index contributed by atoms with van der Waals surface area (Å²) >= 11 is 0. The summed E-state index contributed by atoms with van der Waals surface area (Å²) in [6.07, 6.45) is 6.59. The lowest BCUT2D eigenvalue weighted by Gasteiger charge is -2.27. The topological polar surface area (TPSA) is 24.1 Å². The molecule has 0 aliphatic heterocycles. The maximum Gasteiger partial charge on any atom is 0.00652 e. The molecule has 1 rings (SSSR count). The summed E-state index contributed by atoms with van der Waals surface area (Å²) in [4.78, 5) is 0. The minimum absolute atomic E-state index is 0.782. The molecule has 0 amide bonds. The monoisotopic (exact) mass is 216 g/mol. The van der Waals surface area contributed by atoms with E-state index in [1.54, 1.807) is 0 Å². The standard InChI is InChI=1S/C8H18N2.C3H8.C2H6/c1-9-7-3-5-8(10-2)6-4-7;1-3-2;1-2/h7-10H,3-6H2,1-2H3;3H2,1-2H3;1-2H3. The number of rotatable bonds is 2. The van der Waals surface area contributed by atoms with Crippen molar-refractivity contribution in [3.8, 4) is 0 Å². The van der Waals surface area contributed by atoms with E-state index < -0.39 is 0 Å². The maximum absolute atomic E-state index is 3.32. The molecule has 1 saturated carbocycles. The summed E-state index contributed by atoms with van der Waals surface area (Å²) in [7, 11) is 4.12. The largest absolute Gasteiger partial charge is 0.317 e. The fourth-order valence-corrected chi connectivity index (χ4v) is 1.67. The molecule has 0 saturated heterocycles. The van der Waals surface area contributed by atoms with Crippen LogP contribution >= 0.6 is 0 Å². The van der Waals surface area contributed by atoms with Crippen LogP contribution in [0.25, 0.3) is 0 Å². The van der Waals surface area contributed by atoms with E-state index in [0.29, 0.717) is 0 Å². The van der Waals surface area contributed by atoms with Gasteiger partial charge in [-0.2, -0.15) is 0 Å². The van der Waals surface area contributed by atoms with E-state index in [2.05, 4.69) is 38.6 Å². The molecule has 0 atom stereocenters. The van der Waals surface area contributed by atoms with Gasteiger partial charge in [0, 0.05) is 12.1 Å². The quantitative estimate of drug-likeness (QED) is 0.741. The molecule has 0 radical (unpaired) electrons. The highest BCUT2D eigenvalue weighted by atomic mass is 14.9. The van der Waals surface area contributed by atoms with E-state index in [9.17, 15) is 0 Å². The summed E-state index contributed by atoms with van der Waals surface area (Å²) in [6, 6.07) is 1.56. The maximum atomic E-state index is 3.32. The van der Waals surface area contributed by atoms with Crippen molar-refractivity contribution in [2.75, 3.05) is 14.1 Å². The van der Waals surface area contributed by atoms with Crippen molar-refractivity contribution >= 4 is 0 Å². The first-order valence-electron chi connectivity index (χ1n) is 6.62. The fraction of sp³-hybridized carbons (Fsp3) is 1.00. The first kappa shape index (κ1) is 17.3. The van der Waals surface area contributed by atoms with Gasteiger partial charge in [0.15, 0.2) is 0 Å². The zero-order valence-electron chi connectivity index (χ0n) is 11.7. The molecule has 1 fully saturated rings. The van der Waals surface area contributed by atoms with Gasteiger partial charge in [-0.3, -0.25) is 0 Å². The van der Waals surface area contributed by atoms with Gasteiger partial charge in [-0.1, -0.05) is 34.1 Å². The van der Waals surface area contributed by atoms with Gasteiger partial charge in [0.1, 0.15) is 0 Å². The third-order valence-electron chi connectivity index (χ3n) is 2.54. The molecule has 2 heteroatoms. The lowest BCUT2D eigenvalue weighted by molar-refractivity contribution is 0.330. The van der Waals surface area contributed by atoms with Crippen molar-refractivity contribution in [1.82, 2.24) is 10.6 Å². The average Bonchev–Trinajstić information content (AvgIpc) is 2.33. The second kappa shape index (κ2) is 13.9. The van der Waals surface area contributed by atoms with Gasteiger partial charge in [-0.15, -0.1) is 0 Å². The van der Waals surface area contributed by atoms with Crippen LogP contribution in [0.3, 0.4) is 0 Å². The van der Waals surface area contributed by atoms with Crippen LogP contribution in [0.5, 0.6) is 0 Å². The van der Waals surface area contributed by atoms with Crippen molar-refractivity contribution in [2.45, 2.75) is 71.9 Å². The molecular weight excluding hydrogens is 184 g/mol. The molecule has 0 aromatic carbocycles. The molecule has 0 unspecified atom stereocenters. The van der Waals surface area contributed by atoms with E-state index in [1.165, 1.54) is 32.1 Å². The van der Waals surface area contributed by atoms with Crippen molar-refractivity contribution in [1.29, 1.82) is 0 Å². The second-order valence-electron chi connectivity index (χ2n) is 3.83. The van der Waals surface area contributed by atoms with Gasteiger partial charge in [-0.05, 0) is 39.8 Å². The lowest BCUT2D eigenvalue weighted by Crippen LogP contribution is -2.37. The molecule has 2 N–H and O–H groups in total. The van der Waals surface area contributed by atoms with Crippen LogP contribution in [0.2, 0.25) is 0 Å². The SMILES string of the molecule is CC.CCC.CNC1CCC(NC)CC1. The summed E-state index contributed by atoms with van der Waals surface area (Å²) in [5.74, 6) is 0. The predicted molar refractivity (Wildman–Crippen MR) is 71.5 cm³/mol. The van der Waals surface area contributed by atoms with Gasteiger partial charge in [0.25, 0.3) is 0 Å². The van der Waals surface area contributed by atoms with E-state index in [4.69, 9.17) is 0 Å². The molecule has 94 valence electrons. The van der Waals surface area contributed by atoms with Crippen LogP contribution in [-0.2, 0) is 0 Å². The van der Waals surface area contributed by atoms with Crippen LogP contribution in [0, 0.1) is 0 Å². The summed E-state index contributed by atoms with van der Waals surface area (Å²) in [5, 5.41) is 6.64. The predicted octanol–water partition coefficient (Wildman–Crippen LogP) is 3.18. The third-order valence-corrected chi connectivity index (χ3v) is 2.54. The Kier molecular flexibility index (Phi) is 16.1. The zero-order valence-corrected chi connectivity index (χ0v) is 11.7. The average molecular weight is 216 g/mol. The minimum atomic E-state index is 0.782. The Morgan fingerprint density at radius 2 is 1.00 bits per heavy atom. The molecule has 0 aromatic heterocycles. The smallest absolute Gasteiger partial charge is 0.00652 e. The highest BCUT2D eigenvalue weighted by Crippen LogP contribution is 2.17. The van der Waals surface area contributed by atoms with Gasteiger partial charge in [0.2, 0.25) is 0 Å². The summed E-state index contributed by atoms with van der Waals surface area (Å²) < 4.78 is 0. The minimum Gasteiger partial charge on any atom is -0.317 e. The Morgan fingerprint density at radius 3 is 1.13 bits per heavy atom. The number of hydrogen-bond donors (Lipinski definition) is 2. The van der Waals surface area contributed by atoms with Crippen LogP contribution in [-0.4, -0.2) is 26.2 Å². The molecule has 0 spiro atoms. The van der Waals surface area contributed by atoms with Crippen molar-refractivity contribution in [3.05, 3.63) is 0 Å².